The fraction of sp³-hybridized carbons (Fsp3) is 0.529. The van der Waals surface area contributed by atoms with Gasteiger partial charge in [-0.25, -0.2) is 0 Å². The van der Waals surface area contributed by atoms with Gasteiger partial charge in [0.05, 0.1) is 11.3 Å². The number of nitrogens with one attached hydrogen (secondary N) is 2. The lowest BCUT2D eigenvalue weighted by atomic mass is 9.98. The van der Waals surface area contributed by atoms with Crippen molar-refractivity contribution in [1.82, 2.24) is 14.6 Å². The lowest BCUT2D eigenvalue weighted by Crippen LogP contribution is -2.40. The van der Waals surface area contributed by atoms with Gasteiger partial charge >= 0.3 is 0 Å². The molecule has 1 amide bonds. The van der Waals surface area contributed by atoms with Gasteiger partial charge in [-0.15, -0.1) is 11.3 Å². The first-order valence-electron chi connectivity index (χ1n) is 8.34. The van der Waals surface area contributed by atoms with E-state index in [9.17, 15) is 4.79 Å². The molecule has 2 aromatic heterocycles. The number of carbonyl (C=O) groups is 1. The van der Waals surface area contributed by atoms with Gasteiger partial charge in [0.1, 0.15) is 5.00 Å². The van der Waals surface area contributed by atoms with Crippen LogP contribution in [0.2, 0.25) is 0 Å². The van der Waals surface area contributed by atoms with Gasteiger partial charge < -0.3 is 10.6 Å². The lowest BCUT2D eigenvalue weighted by Gasteiger charge is -2.32. The molecule has 0 radical (unpaired) electrons. The summed E-state index contributed by atoms with van der Waals surface area (Å²) in [6, 6.07) is 4.31. The maximum absolute atomic E-state index is 12.5. The summed E-state index contributed by atoms with van der Waals surface area (Å²) >= 11 is 3.16. The lowest BCUT2D eigenvalue weighted by molar-refractivity contribution is 0.0931. The Balaban J connectivity index is 1.52. The number of aryl methyl sites for hydroxylation is 1. The molecule has 1 aliphatic heterocycles. The first-order chi connectivity index (χ1) is 11.7. The normalized spacial score (nSPS) is 18.5. The summed E-state index contributed by atoms with van der Waals surface area (Å²) in [4.78, 5) is 16.4. The second-order valence-corrected chi connectivity index (χ2v) is 8.06. The summed E-state index contributed by atoms with van der Waals surface area (Å²) in [5.74, 6) is 0.508. The van der Waals surface area contributed by atoms with E-state index in [2.05, 4.69) is 37.4 Å². The number of hydrogen-bond donors (Lipinski definition) is 2. The van der Waals surface area contributed by atoms with E-state index in [0.717, 1.165) is 36.9 Å². The van der Waals surface area contributed by atoms with Crippen molar-refractivity contribution >= 4 is 33.8 Å². The molecular formula is C17H24N4OS2. The summed E-state index contributed by atoms with van der Waals surface area (Å²) < 4.78 is 4.27. The number of likely N-dealkylation sites (tertiary alicyclic amines) is 1. The summed E-state index contributed by atoms with van der Waals surface area (Å²) in [5.41, 5.74) is 1.48. The van der Waals surface area contributed by atoms with E-state index in [-0.39, 0.29) is 5.91 Å². The Hall–Kier alpha value is -1.44. The number of amides is 1. The van der Waals surface area contributed by atoms with Gasteiger partial charge in [0.2, 0.25) is 0 Å². The molecule has 0 saturated carbocycles. The quantitative estimate of drug-likeness (QED) is 0.826. The highest BCUT2D eigenvalue weighted by Gasteiger charge is 2.22. The first-order valence-corrected chi connectivity index (χ1v) is 9.99. The molecule has 24 heavy (non-hydrogen) atoms. The van der Waals surface area contributed by atoms with Crippen LogP contribution in [-0.4, -0.2) is 41.9 Å². The van der Waals surface area contributed by atoms with Gasteiger partial charge in [-0.3, -0.25) is 9.69 Å². The van der Waals surface area contributed by atoms with Crippen molar-refractivity contribution in [1.29, 1.82) is 0 Å². The Morgan fingerprint density at radius 3 is 3.12 bits per heavy atom. The molecule has 3 heterocycles. The van der Waals surface area contributed by atoms with Crippen LogP contribution in [0.1, 0.15) is 33.8 Å². The van der Waals surface area contributed by atoms with Crippen molar-refractivity contribution in [2.24, 2.45) is 5.92 Å². The Morgan fingerprint density at radius 1 is 1.50 bits per heavy atom. The molecule has 1 saturated heterocycles. The molecule has 0 bridgehead atoms. The molecule has 0 aliphatic carbocycles. The molecule has 1 fully saturated rings. The number of hydrogen-bond acceptors (Lipinski definition) is 6. The summed E-state index contributed by atoms with van der Waals surface area (Å²) in [6.45, 7) is 5.85. The zero-order valence-electron chi connectivity index (χ0n) is 14.2. The highest BCUT2D eigenvalue weighted by molar-refractivity contribution is 7.10. The second kappa shape index (κ2) is 8.09. The Kier molecular flexibility index (Phi) is 5.86. The van der Waals surface area contributed by atoms with E-state index in [0.29, 0.717) is 11.5 Å². The SMILES string of the molecule is CNc1snc(C)c1C(=O)NCC1CCCN(Cc2cccs2)C1. The number of carbonyl (C=O) groups excluding carboxylic acids is 1. The topological polar surface area (TPSA) is 57.3 Å². The standard InChI is InChI=1S/C17H24N4OS2/c1-12-15(17(18-2)24-20-12)16(22)19-9-13-5-3-7-21(10-13)11-14-6-4-8-23-14/h4,6,8,13,18H,3,5,7,9-11H2,1-2H3,(H,19,22). The number of nitrogens with zero attached hydrogens (tertiary/aromatic N) is 2. The van der Waals surface area contributed by atoms with Gasteiger partial charge in [0, 0.05) is 31.6 Å². The molecule has 1 unspecified atom stereocenters. The van der Waals surface area contributed by atoms with Crippen LogP contribution < -0.4 is 10.6 Å². The molecule has 130 valence electrons. The zero-order chi connectivity index (χ0) is 16.9. The van der Waals surface area contributed by atoms with Crippen LogP contribution in [0, 0.1) is 12.8 Å². The maximum Gasteiger partial charge on any atom is 0.256 e. The molecule has 2 aromatic rings. The number of aromatic nitrogens is 1. The average molecular weight is 365 g/mol. The molecule has 1 atom stereocenters. The molecule has 1 aliphatic rings. The van der Waals surface area contributed by atoms with Crippen LogP contribution >= 0.6 is 22.9 Å². The third-order valence-electron chi connectivity index (χ3n) is 4.43. The number of thiophene rings is 1. The van der Waals surface area contributed by atoms with Gasteiger partial charge in [0.25, 0.3) is 5.91 Å². The number of anilines is 1. The Bertz CT molecular complexity index is 668. The molecule has 7 heteroatoms. The Morgan fingerprint density at radius 2 is 2.38 bits per heavy atom. The Labute approximate surface area is 151 Å². The van der Waals surface area contributed by atoms with Crippen LogP contribution in [0.5, 0.6) is 0 Å². The van der Waals surface area contributed by atoms with Crippen LogP contribution in [0.15, 0.2) is 17.5 Å². The maximum atomic E-state index is 12.5. The van der Waals surface area contributed by atoms with Crippen LogP contribution in [0.4, 0.5) is 5.00 Å². The van der Waals surface area contributed by atoms with Crippen LogP contribution in [0.25, 0.3) is 0 Å². The van der Waals surface area contributed by atoms with Gasteiger partial charge in [0.15, 0.2) is 0 Å². The van der Waals surface area contributed by atoms with Crippen molar-refractivity contribution in [3.63, 3.8) is 0 Å². The first kappa shape index (κ1) is 17.4. The monoisotopic (exact) mass is 364 g/mol. The van der Waals surface area contributed by atoms with E-state index in [1.807, 2.05) is 25.3 Å². The third-order valence-corrected chi connectivity index (χ3v) is 6.25. The number of piperidine rings is 1. The molecular weight excluding hydrogens is 340 g/mol. The predicted octanol–water partition coefficient (Wildman–Crippen LogP) is 3.20. The smallest absolute Gasteiger partial charge is 0.256 e. The van der Waals surface area contributed by atoms with Gasteiger partial charge in [-0.1, -0.05) is 6.07 Å². The van der Waals surface area contributed by atoms with Gasteiger partial charge in [-0.05, 0) is 55.2 Å². The predicted molar refractivity (Wildman–Crippen MR) is 101 cm³/mol. The van der Waals surface area contributed by atoms with Crippen molar-refractivity contribution in [2.45, 2.75) is 26.3 Å². The fourth-order valence-corrected chi connectivity index (χ4v) is 4.71. The van der Waals surface area contributed by atoms with E-state index in [1.165, 1.54) is 29.3 Å². The molecule has 3 rings (SSSR count). The minimum Gasteiger partial charge on any atom is -0.378 e. The zero-order valence-corrected chi connectivity index (χ0v) is 15.8. The average Bonchev–Trinajstić information content (AvgIpc) is 3.22. The third kappa shape index (κ3) is 4.15. The summed E-state index contributed by atoms with van der Waals surface area (Å²) in [7, 11) is 1.83. The van der Waals surface area contributed by atoms with E-state index in [4.69, 9.17) is 0 Å². The van der Waals surface area contributed by atoms with Crippen molar-refractivity contribution in [3.8, 4) is 0 Å². The minimum absolute atomic E-state index is 0.0130. The summed E-state index contributed by atoms with van der Waals surface area (Å²) in [6.07, 6.45) is 2.38. The van der Waals surface area contributed by atoms with Gasteiger partial charge in [-0.2, -0.15) is 4.37 Å². The molecule has 0 spiro atoms. The van der Waals surface area contributed by atoms with Crippen molar-refractivity contribution in [2.75, 3.05) is 32.0 Å². The molecule has 0 aromatic carbocycles. The highest BCUT2D eigenvalue weighted by atomic mass is 32.1. The second-order valence-electron chi connectivity index (χ2n) is 6.25. The minimum atomic E-state index is -0.0130. The van der Waals surface area contributed by atoms with Crippen LogP contribution in [0.3, 0.4) is 0 Å². The van der Waals surface area contributed by atoms with E-state index >= 15 is 0 Å². The van der Waals surface area contributed by atoms with E-state index in [1.54, 1.807) is 0 Å². The molecule has 5 nitrogen and oxygen atoms in total. The van der Waals surface area contributed by atoms with Crippen LogP contribution in [-0.2, 0) is 6.54 Å². The fourth-order valence-electron chi connectivity index (χ4n) is 3.22. The van der Waals surface area contributed by atoms with E-state index < -0.39 is 0 Å². The number of rotatable bonds is 6. The van der Waals surface area contributed by atoms with Crippen molar-refractivity contribution in [3.05, 3.63) is 33.6 Å². The van der Waals surface area contributed by atoms with Crippen molar-refractivity contribution < 1.29 is 4.79 Å². The largest absolute Gasteiger partial charge is 0.378 e. The highest BCUT2D eigenvalue weighted by Crippen LogP contribution is 2.24. The summed E-state index contributed by atoms with van der Waals surface area (Å²) in [5, 5.41) is 9.14. The molecule has 2 N–H and O–H groups in total.